The van der Waals surface area contributed by atoms with Crippen molar-refractivity contribution in [2.45, 2.75) is 89.6 Å². The Balaban J connectivity index is 1.64. The number of hydrogen-bond acceptors (Lipinski definition) is 3. The number of Topliss-reactive ketones (excluding diaryl/α,β-unsaturated/α-hetero) is 1. The highest BCUT2D eigenvalue weighted by molar-refractivity contribution is 5.96. The minimum absolute atomic E-state index is 0.00625. The van der Waals surface area contributed by atoms with Gasteiger partial charge in [0, 0.05) is 6.42 Å². The molecule has 2 heterocycles. The van der Waals surface area contributed by atoms with E-state index in [1.807, 2.05) is 0 Å². The van der Waals surface area contributed by atoms with Crippen LogP contribution in [0.1, 0.15) is 66.2 Å². The van der Waals surface area contributed by atoms with Crippen LogP contribution in [0.2, 0.25) is 0 Å². The average Bonchev–Trinajstić information content (AvgIpc) is 3.30. The number of allylic oxidation sites excluding steroid dienone is 1. The Morgan fingerprint density at radius 2 is 1.61 bits per heavy atom. The molecule has 0 N–H and O–H groups in total. The van der Waals surface area contributed by atoms with Gasteiger partial charge in [0.25, 0.3) is 0 Å². The Labute approximate surface area is 139 Å². The van der Waals surface area contributed by atoms with Gasteiger partial charge in [-0.2, -0.15) is 0 Å². The van der Waals surface area contributed by atoms with Gasteiger partial charge in [-0.3, -0.25) is 4.79 Å². The van der Waals surface area contributed by atoms with Crippen LogP contribution >= 0.6 is 0 Å². The molecular formula is C20H30O3. The number of ketones is 1. The van der Waals surface area contributed by atoms with Crippen LogP contribution in [0.25, 0.3) is 0 Å². The summed E-state index contributed by atoms with van der Waals surface area (Å²) in [4.78, 5) is 12.5. The van der Waals surface area contributed by atoms with E-state index < -0.39 is 0 Å². The van der Waals surface area contributed by atoms with Crippen molar-refractivity contribution < 1.29 is 14.3 Å². The van der Waals surface area contributed by atoms with Gasteiger partial charge < -0.3 is 9.47 Å². The summed E-state index contributed by atoms with van der Waals surface area (Å²) in [5.41, 5.74) is 0.975. The molecule has 23 heavy (non-hydrogen) atoms. The lowest BCUT2D eigenvalue weighted by Crippen LogP contribution is -2.43. The van der Waals surface area contributed by atoms with Crippen LogP contribution in [-0.4, -0.2) is 29.2 Å². The van der Waals surface area contributed by atoms with Crippen LogP contribution in [0.4, 0.5) is 0 Å². The SMILES string of the molecule is C=C1C(=O)CC2CC3OC3(C)CCC3OC3(C)CCC1C2(C)C. The third kappa shape index (κ3) is 2.42. The Morgan fingerprint density at radius 3 is 2.35 bits per heavy atom. The van der Waals surface area contributed by atoms with Crippen molar-refractivity contribution in [2.75, 3.05) is 0 Å². The maximum Gasteiger partial charge on any atom is 0.158 e. The second kappa shape index (κ2) is 4.70. The monoisotopic (exact) mass is 318 g/mol. The average molecular weight is 318 g/mol. The van der Waals surface area contributed by atoms with Crippen molar-refractivity contribution in [1.29, 1.82) is 0 Å². The summed E-state index contributed by atoms with van der Waals surface area (Å²) in [6.45, 7) is 13.3. The number of fused-ring (bicyclic) bond motifs is 4. The van der Waals surface area contributed by atoms with E-state index in [4.69, 9.17) is 9.47 Å². The first kappa shape index (κ1) is 15.8. The summed E-state index contributed by atoms with van der Waals surface area (Å²) >= 11 is 0. The molecule has 0 aromatic rings. The van der Waals surface area contributed by atoms with Gasteiger partial charge in [0.1, 0.15) is 0 Å². The van der Waals surface area contributed by atoms with Crippen molar-refractivity contribution in [2.24, 2.45) is 17.3 Å². The molecule has 0 spiro atoms. The molecule has 2 saturated carbocycles. The molecule has 2 aliphatic heterocycles. The Hall–Kier alpha value is -0.670. The van der Waals surface area contributed by atoms with Gasteiger partial charge in [-0.1, -0.05) is 20.4 Å². The largest absolute Gasteiger partial charge is 0.366 e. The highest BCUT2D eigenvalue weighted by atomic mass is 16.6. The van der Waals surface area contributed by atoms with Gasteiger partial charge in [0.15, 0.2) is 5.78 Å². The maximum absolute atomic E-state index is 12.5. The first-order chi connectivity index (χ1) is 10.7. The molecule has 0 amide bonds. The molecule has 4 aliphatic rings. The molecule has 3 heteroatoms. The third-order valence-electron chi connectivity index (χ3n) is 7.56. The summed E-state index contributed by atoms with van der Waals surface area (Å²) in [6.07, 6.45) is 6.58. The van der Waals surface area contributed by atoms with E-state index >= 15 is 0 Å². The third-order valence-corrected chi connectivity index (χ3v) is 7.56. The Kier molecular flexibility index (Phi) is 3.23. The number of rotatable bonds is 0. The molecule has 2 aliphatic carbocycles. The van der Waals surface area contributed by atoms with E-state index in [1.54, 1.807) is 0 Å². The van der Waals surface area contributed by atoms with Crippen molar-refractivity contribution >= 4 is 5.78 Å². The minimum atomic E-state index is 0.00625. The molecule has 0 aromatic carbocycles. The van der Waals surface area contributed by atoms with E-state index in [2.05, 4.69) is 34.3 Å². The molecule has 4 fully saturated rings. The van der Waals surface area contributed by atoms with Crippen molar-refractivity contribution in [1.82, 2.24) is 0 Å². The Morgan fingerprint density at radius 1 is 1.00 bits per heavy atom. The zero-order valence-corrected chi connectivity index (χ0v) is 15.0. The fraction of sp³-hybridized carbons (Fsp3) is 0.850. The molecule has 128 valence electrons. The normalized spacial score (nSPS) is 51.8. The van der Waals surface area contributed by atoms with Gasteiger partial charge in [0.05, 0.1) is 23.4 Å². The van der Waals surface area contributed by atoms with Crippen molar-refractivity contribution in [3.63, 3.8) is 0 Å². The number of carbonyl (C=O) groups excluding carboxylic acids is 1. The topological polar surface area (TPSA) is 42.1 Å². The van der Waals surface area contributed by atoms with Crippen LogP contribution in [0.15, 0.2) is 12.2 Å². The van der Waals surface area contributed by atoms with Gasteiger partial charge in [-0.05, 0) is 68.8 Å². The summed E-state index contributed by atoms with van der Waals surface area (Å²) in [5.74, 6) is 0.956. The number of ether oxygens (including phenoxy) is 2. The number of carbonyl (C=O) groups is 1. The fourth-order valence-electron chi connectivity index (χ4n) is 5.27. The standard InChI is InChI=1S/C20H30O3/c1-12-14-6-8-19(4)16(22-19)7-9-20(5)17(23-20)11-13(10-15(12)21)18(14,2)3/h13-14,16-17H,1,6-11H2,2-5H3. The molecule has 2 bridgehead atoms. The van der Waals surface area contributed by atoms with E-state index in [0.29, 0.717) is 24.5 Å². The van der Waals surface area contributed by atoms with Crippen LogP contribution in [0.5, 0.6) is 0 Å². The van der Waals surface area contributed by atoms with Crippen molar-refractivity contribution in [3.05, 3.63) is 12.2 Å². The van der Waals surface area contributed by atoms with E-state index in [-0.39, 0.29) is 28.3 Å². The highest BCUT2D eigenvalue weighted by Gasteiger charge is 2.59. The molecule has 4 rings (SSSR count). The number of hydrogen-bond donors (Lipinski definition) is 0. The first-order valence-corrected chi connectivity index (χ1v) is 9.23. The first-order valence-electron chi connectivity index (χ1n) is 9.23. The highest BCUT2D eigenvalue weighted by Crippen LogP contribution is 2.56. The molecule has 6 unspecified atom stereocenters. The maximum atomic E-state index is 12.5. The molecule has 2 saturated heterocycles. The van der Waals surface area contributed by atoms with E-state index in [9.17, 15) is 4.79 Å². The molecular weight excluding hydrogens is 288 g/mol. The predicted octanol–water partition coefficient (Wildman–Crippen LogP) is 4.05. The Bertz CT molecular complexity index is 565. The second-order valence-electron chi connectivity index (χ2n) is 9.37. The van der Waals surface area contributed by atoms with Crippen LogP contribution < -0.4 is 0 Å². The van der Waals surface area contributed by atoms with Gasteiger partial charge in [-0.15, -0.1) is 0 Å². The van der Waals surface area contributed by atoms with E-state index in [1.165, 1.54) is 0 Å². The zero-order chi connectivity index (χ0) is 16.6. The summed E-state index contributed by atoms with van der Waals surface area (Å²) < 4.78 is 12.1. The van der Waals surface area contributed by atoms with Crippen molar-refractivity contribution in [3.8, 4) is 0 Å². The zero-order valence-electron chi connectivity index (χ0n) is 15.0. The lowest BCUT2D eigenvalue weighted by atomic mass is 9.57. The van der Waals surface area contributed by atoms with Gasteiger partial charge in [0.2, 0.25) is 0 Å². The quantitative estimate of drug-likeness (QED) is 0.500. The fourth-order valence-corrected chi connectivity index (χ4v) is 5.27. The van der Waals surface area contributed by atoms with Crippen LogP contribution in [0, 0.1) is 17.3 Å². The lowest BCUT2D eigenvalue weighted by Gasteiger charge is -2.46. The summed E-state index contributed by atoms with van der Waals surface area (Å²) in [6, 6.07) is 0. The molecule has 0 aromatic heterocycles. The van der Waals surface area contributed by atoms with E-state index in [0.717, 1.165) is 37.7 Å². The lowest BCUT2D eigenvalue weighted by molar-refractivity contribution is -0.122. The van der Waals surface area contributed by atoms with Crippen LogP contribution in [0.3, 0.4) is 0 Å². The van der Waals surface area contributed by atoms with Crippen LogP contribution in [-0.2, 0) is 14.3 Å². The molecule has 0 radical (unpaired) electrons. The summed E-state index contributed by atoms with van der Waals surface area (Å²) in [5, 5.41) is 0. The predicted molar refractivity (Wildman–Crippen MR) is 89.2 cm³/mol. The molecule has 6 atom stereocenters. The smallest absolute Gasteiger partial charge is 0.158 e. The molecule has 3 nitrogen and oxygen atoms in total. The number of epoxide rings is 2. The second-order valence-corrected chi connectivity index (χ2v) is 9.37. The summed E-state index contributed by atoms with van der Waals surface area (Å²) in [7, 11) is 0. The van der Waals surface area contributed by atoms with Gasteiger partial charge in [-0.25, -0.2) is 0 Å². The van der Waals surface area contributed by atoms with Gasteiger partial charge >= 0.3 is 0 Å². The minimum Gasteiger partial charge on any atom is -0.366 e.